The highest BCUT2D eigenvalue weighted by molar-refractivity contribution is 5.98. The highest BCUT2D eigenvalue weighted by Crippen LogP contribution is 2.30. The highest BCUT2D eigenvalue weighted by atomic mass is 19.4. The number of anilines is 1. The first-order valence-electron chi connectivity index (χ1n) is 10.9. The summed E-state index contributed by atoms with van der Waals surface area (Å²) in [5, 5.41) is 11.3. The lowest BCUT2D eigenvalue weighted by molar-refractivity contribution is -0.137. The smallest absolute Gasteiger partial charge is 0.368 e. The number of benzene rings is 1. The molecule has 34 heavy (non-hydrogen) atoms. The number of amides is 1. The molecule has 3 heterocycles. The van der Waals surface area contributed by atoms with Gasteiger partial charge in [-0.2, -0.15) is 28.2 Å². The minimum Gasteiger partial charge on any atom is -0.368 e. The first-order chi connectivity index (χ1) is 16.1. The second kappa shape index (κ2) is 9.40. The van der Waals surface area contributed by atoms with Gasteiger partial charge in [0, 0.05) is 19.3 Å². The average molecular weight is 476 g/mol. The van der Waals surface area contributed by atoms with E-state index in [0.29, 0.717) is 17.8 Å². The van der Waals surface area contributed by atoms with Crippen LogP contribution in [0.15, 0.2) is 42.9 Å². The molecule has 180 valence electrons. The SMILES string of the molecule is Cc1cc(F)cc(C(=O)N2CCC[C@@H](C)C2CNc2ccc(C(F)(F)F)cn2)c1-n1nccn1. The van der Waals surface area contributed by atoms with E-state index in [9.17, 15) is 22.4 Å². The Bertz CT molecular complexity index is 1150. The molecule has 4 rings (SSSR count). The molecule has 0 aliphatic carbocycles. The third kappa shape index (κ3) is 4.87. The molecule has 1 saturated heterocycles. The van der Waals surface area contributed by atoms with Crippen LogP contribution in [0.3, 0.4) is 0 Å². The molecule has 7 nitrogen and oxygen atoms in total. The van der Waals surface area contributed by atoms with Crippen LogP contribution in [0, 0.1) is 18.7 Å². The lowest BCUT2D eigenvalue weighted by Gasteiger charge is -2.40. The lowest BCUT2D eigenvalue weighted by Crippen LogP contribution is -2.51. The van der Waals surface area contributed by atoms with Crippen LogP contribution in [0.1, 0.15) is 41.3 Å². The van der Waals surface area contributed by atoms with Gasteiger partial charge in [0.05, 0.1) is 29.6 Å². The van der Waals surface area contributed by atoms with Gasteiger partial charge in [0.25, 0.3) is 5.91 Å². The predicted molar refractivity (Wildman–Crippen MR) is 117 cm³/mol. The van der Waals surface area contributed by atoms with Crippen molar-refractivity contribution < 1.29 is 22.4 Å². The fourth-order valence-electron chi connectivity index (χ4n) is 4.34. The summed E-state index contributed by atoms with van der Waals surface area (Å²) < 4.78 is 52.7. The molecule has 0 bridgehead atoms. The Kier molecular flexibility index (Phi) is 6.54. The molecular formula is C23H24F4N6O. The molecular weight excluding hydrogens is 452 g/mol. The molecule has 1 aliphatic rings. The molecule has 1 amide bonds. The lowest BCUT2D eigenvalue weighted by atomic mass is 9.89. The number of carbonyl (C=O) groups is 1. The summed E-state index contributed by atoms with van der Waals surface area (Å²) in [5.41, 5.74) is 0.251. The van der Waals surface area contributed by atoms with Gasteiger partial charge in [0.1, 0.15) is 17.3 Å². The van der Waals surface area contributed by atoms with Gasteiger partial charge in [0.15, 0.2) is 0 Å². The number of carbonyl (C=O) groups excluding carboxylic acids is 1. The zero-order chi connectivity index (χ0) is 24.5. The monoisotopic (exact) mass is 476 g/mol. The second-order valence-electron chi connectivity index (χ2n) is 8.43. The fraction of sp³-hybridized carbons (Fsp3) is 0.391. The number of aromatic nitrogens is 4. The van der Waals surface area contributed by atoms with Crippen LogP contribution in [0.4, 0.5) is 23.4 Å². The molecule has 1 fully saturated rings. The highest BCUT2D eigenvalue weighted by Gasteiger charge is 2.34. The van der Waals surface area contributed by atoms with Gasteiger partial charge < -0.3 is 10.2 Å². The summed E-state index contributed by atoms with van der Waals surface area (Å²) in [7, 11) is 0. The molecule has 2 aromatic heterocycles. The van der Waals surface area contributed by atoms with Crippen LogP contribution in [0.2, 0.25) is 0 Å². The van der Waals surface area contributed by atoms with Gasteiger partial charge in [-0.05, 0) is 55.5 Å². The molecule has 1 aromatic carbocycles. The number of likely N-dealkylation sites (tertiary alicyclic amines) is 1. The minimum absolute atomic E-state index is 0.112. The van der Waals surface area contributed by atoms with E-state index in [1.165, 1.54) is 35.4 Å². The summed E-state index contributed by atoms with van der Waals surface area (Å²) in [6.45, 7) is 4.46. The van der Waals surface area contributed by atoms with Gasteiger partial charge in [-0.25, -0.2) is 9.37 Å². The van der Waals surface area contributed by atoms with Crippen molar-refractivity contribution in [2.24, 2.45) is 5.92 Å². The van der Waals surface area contributed by atoms with Crippen molar-refractivity contribution in [3.8, 4) is 5.69 Å². The number of pyridine rings is 1. The largest absolute Gasteiger partial charge is 0.417 e. The van der Waals surface area contributed by atoms with E-state index in [0.717, 1.165) is 25.1 Å². The first kappa shape index (κ1) is 23.7. The fourth-order valence-corrected chi connectivity index (χ4v) is 4.34. The Morgan fingerprint density at radius 2 is 1.94 bits per heavy atom. The van der Waals surface area contributed by atoms with Gasteiger partial charge in [-0.3, -0.25) is 4.79 Å². The molecule has 1 unspecified atom stereocenters. The maximum absolute atomic E-state index is 14.3. The van der Waals surface area contributed by atoms with Crippen molar-refractivity contribution in [2.45, 2.75) is 38.9 Å². The Labute approximate surface area is 193 Å². The molecule has 0 radical (unpaired) electrons. The maximum Gasteiger partial charge on any atom is 0.417 e. The Balaban J connectivity index is 1.59. The summed E-state index contributed by atoms with van der Waals surface area (Å²) >= 11 is 0. The Morgan fingerprint density at radius 1 is 1.21 bits per heavy atom. The summed E-state index contributed by atoms with van der Waals surface area (Å²) in [6.07, 6.45) is 0.927. The van der Waals surface area contributed by atoms with Crippen LogP contribution in [-0.2, 0) is 6.18 Å². The number of rotatable bonds is 5. The van der Waals surface area contributed by atoms with Crippen molar-refractivity contribution >= 4 is 11.7 Å². The molecule has 3 aromatic rings. The molecule has 1 aliphatic heterocycles. The Hall–Kier alpha value is -3.50. The maximum atomic E-state index is 14.3. The number of piperidine rings is 1. The topological polar surface area (TPSA) is 75.9 Å². The number of nitrogens with one attached hydrogen (secondary N) is 1. The van der Waals surface area contributed by atoms with E-state index >= 15 is 0 Å². The third-order valence-electron chi connectivity index (χ3n) is 6.07. The van der Waals surface area contributed by atoms with Crippen molar-refractivity contribution in [1.29, 1.82) is 0 Å². The van der Waals surface area contributed by atoms with E-state index in [1.807, 2.05) is 6.92 Å². The van der Waals surface area contributed by atoms with E-state index in [2.05, 4.69) is 20.5 Å². The van der Waals surface area contributed by atoms with E-state index in [-0.39, 0.29) is 35.8 Å². The number of halogens is 4. The quantitative estimate of drug-likeness (QED) is 0.550. The molecule has 0 spiro atoms. The third-order valence-corrected chi connectivity index (χ3v) is 6.07. The summed E-state index contributed by atoms with van der Waals surface area (Å²) in [6, 6.07) is 4.47. The average Bonchev–Trinajstić information content (AvgIpc) is 3.31. The van der Waals surface area contributed by atoms with Crippen LogP contribution >= 0.6 is 0 Å². The van der Waals surface area contributed by atoms with Gasteiger partial charge >= 0.3 is 6.18 Å². The molecule has 0 saturated carbocycles. The zero-order valence-corrected chi connectivity index (χ0v) is 18.7. The Morgan fingerprint density at radius 3 is 2.59 bits per heavy atom. The van der Waals surface area contributed by atoms with Crippen molar-refractivity contribution in [3.63, 3.8) is 0 Å². The van der Waals surface area contributed by atoms with E-state index < -0.39 is 17.6 Å². The molecule has 1 N–H and O–H groups in total. The minimum atomic E-state index is -4.46. The van der Waals surface area contributed by atoms with Crippen molar-refractivity contribution in [2.75, 3.05) is 18.4 Å². The first-order valence-corrected chi connectivity index (χ1v) is 10.9. The van der Waals surface area contributed by atoms with Crippen molar-refractivity contribution in [3.05, 3.63) is 65.4 Å². The zero-order valence-electron chi connectivity index (χ0n) is 18.7. The number of hydrogen-bond donors (Lipinski definition) is 1. The molecule has 11 heteroatoms. The van der Waals surface area contributed by atoms with E-state index in [1.54, 1.807) is 11.8 Å². The van der Waals surface area contributed by atoms with Crippen LogP contribution in [0.5, 0.6) is 0 Å². The van der Waals surface area contributed by atoms with Crippen LogP contribution in [-0.4, -0.2) is 49.9 Å². The second-order valence-corrected chi connectivity index (χ2v) is 8.43. The number of alkyl halides is 3. The van der Waals surface area contributed by atoms with Gasteiger partial charge in [-0.15, -0.1) is 0 Å². The van der Waals surface area contributed by atoms with Crippen LogP contribution in [0.25, 0.3) is 5.69 Å². The number of aryl methyl sites for hydroxylation is 1. The predicted octanol–water partition coefficient (Wildman–Crippen LogP) is 4.48. The van der Waals surface area contributed by atoms with Gasteiger partial charge in [-0.1, -0.05) is 6.92 Å². The number of hydrogen-bond acceptors (Lipinski definition) is 5. The molecule has 2 atom stereocenters. The van der Waals surface area contributed by atoms with Gasteiger partial charge in [0.2, 0.25) is 0 Å². The van der Waals surface area contributed by atoms with Crippen molar-refractivity contribution in [1.82, 2.24) is 24.9 Å². The van der Waals surface area contributed by atoms with Crippen LogP contribution < -0.4 is 5.32 Å². The number of nitrogens with zero attached hydrogens (tertiary/aromatic N) is 5. The van der Waals surface area contributed by atoms with E-state index in [4.69, 9.17) is 0 Å². The summed E-state index contributed by atoms with van der Waals surface area (Å²) in [4.78, 5) is 20.5. The standard InChI is InChI=1S/C23H24F4N6O/c1-14-4-3-9-32(19(14)13-29-20-6-5-16(12-28-20)23(25,26)27)22(34)18-11-17(24)10-15(2)21(18)33-30-7-8-31-33/h5-8,10-12,14,19H,3-4,9,13H2,1-2H3,(H,28,29)/t14-,19?/m1/s1. The normalized spacial score (nSPS) is 18.7. The summed E-state index contributed by atoms with van der Waals surface area (Å²) in [5.74, 6) is -0.499.